The average molecular weight is 354 g/mol. The van der Waals surface area contributed by atoms with Gasteiger partial charge < -0.3 is 5.32 Å². The van der Waals surface area contributed by atoms with Gasteiger partial charge in [-0.25, -0.2) is 0 Å². The van der Waals surface area contributed by atoms with Crippen molar-refractivity contribution in [2.75, 3.05) is 11.9 Å². The normalized spacial score (nSPS) is 15.3. The van der Waals surface area contributed by atoms with Gasteiger partial charge in [-0.05, 0) is 37.0 Å². The van der Waals surface area contributed by atoms with E-state index >= 15 is 0 Å². The number of carbonyl (C=O) groups excluding carboxylic acids is 4. The minimum atomic E-state index is -0.488. The number of fused-ring (bicyclic) bond motifs is 2. The van der Waals surface area contributed by atoms with E-state index in [0.29, 0.717) is 21.7 Å². The molecule has 1 aliphatic carbocycles. The van der Waals surface area contributed by atoms with E-state index in [1.807, 2.05) is 0 Å². The van der Waals surface area contributed by atoms with E-state index < -0.39 is 17.7 Å². The topological polar surface area (TPSA) is 83.6 Å². The molecule has 0 spiro atoms. The van der Waals surface area contributed by atoms with Gasteiger partial charge in [0.15, 0.2) is 6.29 Å². The number of amides is 3. The predicted molar refractivity (Wildman–Crippen MR) is 92.2 cm³/mol. The van der Waals surface area contributed by atoms with E-state index in [-0.39, 0.29) is 6.54 Å². The van der Waals surface area contributed by atoms with Crippen LogP contribution < -0.4 is 5.32 Å². The van der Waals surface area contributed by atoms with Gasteiger partial charge in [0.1, 0.15) is 11.5 Å². The minimum absolute atomic E-state index is 0.309. The fourth-order valence-corrected chi connectivity index (χ4v) is 4.61. The van der Waals surface area contributed by atoms with Crippen molar-refractivity contribution >= 4 is 40.3 Å². The lowest BCUT2D eigenvalue weighted by atomic mass is 10.1. The Morgan fingerprint density at radius 1 is 1.16 bits per heavy atom. The Labute approximate surface area is 147 Å². The van der Waals surface area contributed by atoms with Crippen molar-refractivity contribution in [3.05, 3.63) is 51.4 Å². The molecule has 0 saturated carbocycles. The van der Waals surface area contributed by atoms with E-state index in [2.05, 4.69) is 5.32 Å². The summed E-state index contributed by atoms with van der Waals surface area (Å²) in [4.78, 5) is 50.4. The Hall–Kier alpha value is -2.80. The number of thiophene rings is 1. The van der Waals surface area contributed by atoms with E-state index in [4.69, 9.17) is 0 Å². The second-order valence-corrected chi connectivity index (χ2v) is 7.11. The summed E-state index contributed by atoms with van der Waals surface area (Å²) < 4.78 is 0. The summed E-state index contributed by atoms with van der Waals surface area (Å²) in [6, 6.07) is 6.50. The van der Waals surface area contributed by atoms with Gasteiger partial charge in [-0.1, -0.05) is 12.1 Å². The fourth-order valence-electron chi connectivity index (χ4n) is 3.34. The van der Waals surface area contributed by atoms with Gasteiger partial charge in [-0.15, -0.1) is 11.3 Å². The van der Waals surface area contributed by atoms with E-state index in [0.717, 1.165) is 40.9 Å². The molecule has 4 rings (SSSR count). The van der Waals surface area contributed by atoms with Crippen LogP contribution in [0.15, 0.2) is 24.3 Å². The number of benzene rings is 1. The Morgan fingerprint density at radius 2 is 1.84 bits per heavy atom. The number of carbonyl (C=O) groups is 4. The molecule has 126 valence electrons. The molecular weight excluding hydrogens is 340 g/mol. The Bertz CT molecular complexity index is 896. The number of imide groups is 1. The summed E-state index contributed by atoms with van der Waals surface area (Å²) in [7, 11) is 0. The Morgan fingerprint density at radius 3 is 2.48 bits per heavy atom. The maximum Gasteiger partial charge on any atom is 0.262 e. The Kier molecular flexibility index (Phi) is 3.73. The highest BCUT2D eigenvalue weighted by Gasteiger charge is 2.36. The lowest BCUT2D eigenvalue weighted by molar-refractivity contribution is -0.116. The van der Waals surface area contributed by atoms with Crippen molar-refractivity contribution in [2.24, 2.45) is 0 Å². The van der Waals surface area contributed by atoms with Gasteiger partial charge in [0.2, 0.25) is 5.91 Å². The van der Waals surface area contributed by atoms with Gasteiger partial charge in [0.05, 0.1) is 16.7 Å². The van der Waals surface area contributed by atoms with Crippen LogP contribution in [-0.2, 0) is 17.6 Å². The first-order chi connectivity index (χ1) is 12.1. The quantitative estimate of drug-likeness (QED) is 0.674. The molecule has 0 saturated heterocycles. The number of aldehydes is 1. The lowest BCUT2D eigenvalue weighted by Gasteiger charge is -2.13. The zero-order valence-corrected chi connectivity index (χ0v) is 14.0. The summed E-state index contributed by atoms with van der Waals surface area (Å²) >= 11 is 1.40. The first-order valence-electron chi connectivity index (χ1n) is 7.95. The van der Waals surface area contributed by atoms with Crippen molar-refractivity contribution in [3.63, 3.8) is 0 Å². The van der Waals surface area contributed by atoms with Crippen LogP contribution in [-0.4, -0.2) is 35.5 Å². The van der Waals surface area contributed by atoms with Crippen LogP contribution in [0.3, 0.4) is 0 Å². The average Bonchev–Trinajstić information content (AvgIpc) is 3.24. The van der Waals surface area contributed by atoms with Gasteiger partial charge in [-0.2, -0.15) is 0 Å². The van der Waals surface area contributed by atoms with Crippen LogP contribution in [0.1, 0.15) is 47.9 Å². The molecular formula is C18H14N2O4S. The zero-order valence-electron chi connectivity index (χ0n) is 13.2. The van der Waals surface area contributed by atoms with Crippen LogP contribution in [0, 0.1) is 0 Å². The number of nitrogens with zero attached hydrogens (tertiary/aromatic N) is 1. The van der Waals surface area contributed by atoms with Crippen molar-refractivity contribution in [1.82, 2.24) is 4.90 Å². The van der Waals surface area contributed by atoms with E-state index in [1.165, 1.54) is 11.3 Å². The van der Waals surface area contributed by atoms with Crippen LogP contribution in [0.2, 0.25) is 0 Å². The molecule has 1 aliphatic heterocycles. The molecule has 0 unspecified atom stereocenters. The molecule has 0 atom stereocenters. The third kappa shape index (κ3) is 2.47. The summed E-state index contributed by atoms with van der Waals surface area (Å²) in [6.45, 7) is -0.368. The molecule has 6 nitrogen and oxygen atoms in total. The molecule has 1 aromatic carbocycles. The smallest absolute Gasteiger partial charge is 0.262 e. The molecule has 1 aromatic heterocycles. The summed E-state index contributed by atoms with van der Waals surface area (Å²) in [6.07, 6.45) is 3.53. The lowest BCUT2D eigenvalue weighted by Crippen LogP contribution is -2.37. The number of aryl methyl sites for hydroxylation is 1. The van der Waals surface area contributed by atoms with Gasteiger partial charge in [0.25, 0.3) is 11.8 Å². The van der Waals surface area contributed by atoms with Crippen molar-refractivity contribution < 1.29 is 19.2 Å². The SMILES string of the molecule is O=Cc1c(NC(=O)CN2C(=O)c3ccccc3C2=O)sc2c1CCC2. The Balaban J connectivity index is 1.52. The van der Waals surface area contributed by atoms with Crippen LogP contribution >= 0.6 is 11.3 Å². The highest BCUT2D eigenvalue weighted by molar-refractivity contribution is 7.17. The second kappa shape index (κ2) is 5.93. The van der Waals surface area contributed by atoms with Crippen molar-refractivity contribution in [1.29, 1.82) is 0 Å². The zero-order chi connectivity index (χ0) is 17.6. The molecule has 7 heteroatoms. The maximum absolute atomic E-state index is 12.3. The largest absolute Gasteiger partial charge is 0.316 e. The maximum atomic E-state index is 12.3. The molecule has 1 N–H and O–H groups in total. The molecule has 2 aromatic rings. The minimum Gasteiger partial charge on any atom is -0.316 e. The molecule has 2 heterocycles. The first kappa shape index (κ1) is 15.7. The number of nitrogens with one attached hydrogen (secondary N) is 1. The molecule has 3 amide bonds. The van der Waals surface area contributed by atoms with Crippen LogP contribution in [0.4, 0.5) is 5.00 Å². The fraction of sp³-hybridized carbons (Fsp3) is 0.222. The van der Waals surface area contributed by atoms with E-state index in [1.54, 1.807) is 24.3 Å². The monoisotopic (exact) mass is 354 g/mol. The molecule has 0 fully saturated rings. The second-order valence-electron chi connectivity index (χ2n) is 6.01. The predicted octanol–water partition coefficient (Wildman–Crippen LogP) is 2.28. The summed E-state index contributed by atoms with van der Waals surface area (Å²) in [5.41, 5.74) is 2.15. The highest BCUT2D eigenvalue weighted by atomic mass is 32.1. The third-order valence-corrected chi connectivity index (χ3v) is 5.74. The van der Waals surface area contributed by atoms with Crippen molar-refractivity contribution in [2.45, 2.75) is 19.3 Å². The standard InChI is InChI=1S/C18H14N2O4S/c21-9-13-10-6-3-7-14(10)25-16(13)19-15(22)8-20-17(23)11-4-1-2-5-12(11)18(20)24/h1-2,4-5,9H,3,6-8H2,(H,19,22). The molecule has 2 aliphatic rings. The van der Waals surface area contributed by atoms with Crippen molar-refractivity contribution in [3.8, 4) is 0 Å². The molecule has 25 heavy (non-hydrogen) atoms. The van der Waals surface area contributed by atoms with Gasteiger partial charge in [0, 0.05) is 4.88 Å². The van der Waals surface area contributed by atoms with Gasteiger partial charge >= 0.3 is 0 Å². The highest BCUT2D eigenvalue weighted by Crippen LogP contribution is 2.38. The van der Waals surface area contributed by atoms with Crippen LogP contribution in [0.25, 0.3) is 0 Å². The van der Waals surface area contributed by atoms with Crippen LogP contribution in [0.5, 0.6) is 0 Å². The van der Waals surface area contributed by atoms with Gasteiger partial charge in [-0.3, -0.25) is 24.1 Å². The number of hydrogen-bond acceptors (Lipinski definition) is 5. The molecule has 0 radical (unpaired) electrons. The van der Waals surface area contributed by atoms with E-state index in [9.17, 15) is 19.2 Å². The number of anilines is 1. The molecule has 0 bridgehead atoms. The third-order valence-electron chi connectivity index (χ3n) is 4.51. The number of hydrogen-bond donors (Lipinski definition) is 1. The number of rotatable bonds is 4. The summed E-state index contributed by atoms with van der Waals surface area (Å²) in [5.74, 6) is -1.43. The summed E-state index contributed by atoms with van der Waals surface area (Å²) in [5, 5.41) is 3.19. The first-order valence-corrected chi connectivity index (χ1v) is 8.76.